The highest BCUT2D eigenvalue weighted by molar-refractivity contribution is 5.94. The maximum absolute atomic E-state index is 13.5. The summed E-state index contributed by atoms with van der Waals surface area (Å²) in [6.45, 7) is 4.62. The van der Waals surface area contributed by atoms with Crippen LogP contribution in [0.15, 0.2) is 18.2 Å². The lowest BCUT2D eigenvalue weighted by atomic mass is 10.1. The molecule has 1 unspecified atom stereocenters. The summed E-state index contributed by atoms with van der Waals surface area (Å²) in [7, 11) is 0. The van der Waals surface area contributed by atoms with Crippen LogP contribution in [0.2, 0.25) is 0 Å². The number of nitrogens with one attached hydrogen (secondary N) is 1. The second kappa shape index (κ2) is 4.86. The average molecular weight is 235 g/mol. The summed E-state index contributed by atoms with van der Waals surface area (Å²) < 4.78 is 13.5. The Labute approximate surface area is 101 Å². The van der Waals surface area contributed by atoms with E-state index in [0.29, 0.717) is 12.5 Å². The second-order valence-corrected chi connectivity index (χ2v) is 5.01. The average Bonchev–Trinajstić information content (AvgIpc) is 3.12. The topological polar surface area (TPSA) is 29.1 Å². The third-order valence-electron chi connectivity index (χ3n) is 3.38. The number of benzene rings is 1. The monoisotopic (exact) mass is 235 g/mol. The van der Waals surface area contributed by atoms with Crippen LogP contribution in [-0.2, 0) is 0 Å². The molecule has 92 valence electrons. The highest BCUT2D eigenvalue weighted by Crippen LogP contribution is 2.36. The Hall–Kier alpha value is -1.38. The summed E-state index contributed by atoms with van der Waals surface area (Å²) in [5.41, 5.74) is 1.04. The van der Waals surface area contributed by atoms with Crippen LogP contribution in [0.25, 0.3) is 0 Å². The molecular formula is C14H18FNO. The van der Waals surface area contributed by atoms with Crippen molar-refractivity contribution in [2.45, 2.75) is 26.7 Å². The van der Waals surface area contributed by atoms with Gasteiger partial charge in [0.2, 0.25) is 0 Å². The predicted molar refractivity (Wildman–Crippen MR) is 65.4 cm³/mol. The molecule has 1 aliphatic carbocycles. The minimum Gasteiger partial charge on any atom is -0.352 e. The molecule has 0 bridgehead atoms. The molecule has 0 heterocycles. The second-order valence-electron chi connectivity index (χ2n) is 5.01. The molecule has 1 N–H and O–H groups in total. The molecule has 0 saturated heterocycles. The minimum absolute atomic E-state index is 0.146. The molecule has 1 aromatic rings. The van der Waals surface area contributed by atoms with E-state index in [1.807, 2.05) is 6.92 Å². The molecule has 1 saturated carbocycles. The molecule has 0 spiro atoms. The van der Waals surface area contributed by atoms with E-state index in [-0.39, 0.29) is 11.5 Å². The van der Waals surface area contributed by atoms with E-state index < -0.39 is 5.82 Å². The molecule has 1 aliphatic rings. The van der Waals surface area contributed by atoms with Gasteiger partial charge in [-0.15, -0.1) is 0 Å². The summed E-state index contributed by atoms with van der Waals surface area (Å²) >= 11 is 0. The van der Waals surface area contributed by atoms with E-state index >= 15 is 0 Å². The van der Waals surface area contributed by atoms with Crippen molar-refractivity contribution in [3.05, 3.63) is 35.1 Å². The normalized spacial score (nSPS) is 16.6. The van der Waals surface area contributed by atoms with E-state index in [1.54, 1.807) is 12.1 Å². The van der Waals surface area contributed by atoms with Crippen LogP contribution in [0, 0.1) is 24.6 Å². The van der Waals surface area contributed by atoms with Crippen molar-refractivity contribution in [2.75, 3.05) is 6.54 Å². The van der Waals surface area contributed by atoms with Gasteiger partial charge in [0, 0.05) is 6.54 Å². The van der Waals surface area contributed by atoms with Crippen molar-refractivity contribution in [3.8, 4) is 0 Å². The summed E-state index contributed by atoms with van der Waals surface area (Å²) in [5.74, 6) is 0.482. The van der Waals surface area contributed by atoms with Crippen LogP contribution >= 0.6 is 0 Å². The van der Waals surface area contributed by atoms with Crippen molar-refractivity contribution < 1.29 is 9.18 Å². The molecule has 3 heteroatoms. The molecule has 2 rings (SSSR count). The van der Waals surface area contributed by atoms with Gasteiger partial charge in [-0.25, -0.2) is 4.39 Å². The predicted octanol–water partition coefficient (Wildman–Crippen LogP) is 2.91. The first kappa shape index (κ1) is 12.1. The third kappa shape index (κ3) is 3.05. The summed E-state index contributed by atoms with van der Waals surface area (Å²) in [6.07, 6.45) is 2.52. The Morgan fingerprint density at radius 1 is 1.53 bits per heavy atom. The third-order valence-corrected chi connectivity index (χ3v) is 3.38. The molecule has 17 heavy (non-hydrogen) atoms. The summed E-state index contributed by atoms with van der Waals surface area (Å²) in [5, 5.41) is 2.81. The first-order valence-corrected chi connectivity index (χ1v) is 6.12. The van der Waals surface area contributed by atoms with Crippen LogP contribution in [0.1, 0.15) is 35.7 Å². The number of hydrogen-bond acceptors (Lipinski definition) is 1. The van der Waals surface area contributed by atoms with Crippen LogP contribution in [0.4, 0.5) is 4.39 Å². The first-order valence-electron chi connectivity index (χ1n) is 6.12. The van der Waals surface area contributed by atoms with Gasteiger partial charge in [-0.2, -0.15) is 0 Å². The molecule has 2 nitrogen and oxygen atoms in total. The van der Waals surface area contributed by atoms with Crippen molar-refractivity contribution >= 4 is 5.91 Å². The summed E-state index contributed by atoms with van der Waals surface area (Å²) in [6, 6.07) is 4.60. The standard InChI is InChI=1S/C14H18FNO/c1-9-3-6-13(15)12(7-9)14(17)16-8-10(2)11-4-5-11/h3,6-7,10-11H,4-5,8H2,1-2H3,(H,16,17). The number of rotatable bonds is 4. The molecule has 1 fully saturated rings. The number of hydrogen-bond donors (Lipinski definition) is 1. The van der Waals surface area contributed by atoms with Crippen molar-refractivity contribution in [1.82, 2.24) is 5.32 Å². The van der Waals surface area contributed by atoms with Crippen LogP contribution in [0.3, 0.4) is 0 Å². The summed E-state index contributed by atoms with van der Waals surface area (Å²) in [4.78, 5) is 11.8. The van der Waals surface area contributed by atoms with Crippen molar-refractivity contribution in [2.24, 2.45) is 11.8 Å². The largest absolute Gasteiger partial charge is 0.352 e. The van der Waals surface area contributed by atoms with Gasteiger partial charge in [0.1, 0.15) is 5.82 Å². The highest BCUT2D eigenvalue weighted by atomic mass is 19.1. The number of aryl methyl sites for hydroxylation is 1. The quantitative estimate of drug-likeness (QED) is 0.854. The van der Waals surface area contributed by atoms with Gasteiger partial charge in [-0.1, -0.05) is 18.6 Å². The lowest BCUT2D eigenvalue weighted by Gasteiger charge is -2.12. The zero-order valence-electron chi connectivity index (χ0n) is 10.3. The van der Waals surface area contributed by atoms with E-state index in [9.17, 15) is 9.18 Å². The fourth-order valence-corrected chi connectivity index (χ4v) is 1.99. The Bertz CT molecular complexity index is 426. The van der Waals surface area contributed by atoms with Crippen LogP contribution < -0.4 is 5.32 Å². The molecule has 0 aliphatic heterocycles. The molecule has 1 aromatic carbocycles. The lowest BCUT2D eigenvalue weighted by Crippen LogP contribution is -2.29. The Balaban J connectivity index is 1.96. The minimum atomic E-state index is -0.452. The van der Waals surface area contributed by atoms with Crippen molar-refractivity contribution in [1.29, 1.82) is 0 Å². The maximum atomic E-state index is 13.5. The van der Waals surface area contributed by atoms with E-state index in [2.05, 4.69) is 12.2 Å². The van der Waals surface area contributed by atoms with Gasteiger partial charge in [0.15, 0.2) is 0 Å². The number of carbonyl (C=O) groups excluding carboxylic acids is 1. The smallest absolute Gasteiger partial charge is 0.254 e. The molecule has 1 atom stereocenters. The lowest BCUT2D eigenvalue weighted by molar-refractivity contribution is 0.0942. The van der Waals surface area contributed by atoms with E-state index in [1.165, 1.54) is 18.9 Å². The fraction of sp³-hybridized carbons (Fsp3) is 0.500. The van der Waals surface area contributed by atoms with Gasteiger partial charge in [0.25, 0.3) is 5.91 Å². The molecular weight excluding hydrogens is 217 g/mol. The molecule has 1 amide bonds. The van der Waals surface area contributed by atoms with Gasteiger partial charge in [0.05, 0.1) is 5.56 Å². The van der Waals surface area contributed by atoms with Crippen molar-refractivity contribution in [3.63, 3.8) is 0 Å². The fourth-order valence-electron chi connectivity index (χ4n) is 1.99. The number of halogens is 1. The Morgan fingerprint density at radius 3 is 2.88 bits per heavy atom. The number of amides is 1. The van der Waals surface area contributed by atoms with Crippen LogP contribution in [-0.4, -0.2) is 12.5 Å². The van der Waals surface area contributed by atoms with Gasteiger partial charge in [-0.3, -0.25) is 4.79 Å². The maximum Gasteiger partial charge on any atom is 0.254 e. The zero-order valence-corrected chi connectivity index (χ0v) is 10.3. The van der Waals surface area contributed by atoms with Gasteiger partial charge >= 0.3 is 0 Å². The van der Waals surface area contributed by atoms with Crippen LogP contribution in [0.5, 0.6) is 0 Å². The highest BCUT2D eigenvalue weighted by Gasteiger charge is 2.28. The first-order chi connectivity index (χ1) is 8.08. The SMILES string of the molecule is Cc1ccc(F)c(C(=O)NCC(C)C2CC2)c1. The Kier molecular flexibility index (Phi) is 3.46. The zero-order chi connectivity index (χ0) is 12.4. The Morgan fingerprint density at radius 2 is 2.24 bits per heavy atom. The number of carbonyl (C=O) groups is 1. The molecule has 0 aromatic heterocycles. The van der Waals surface area contributed by atoms with E-state index in [4.69, 9.17) is 0 Å². The van der Waals surface area contributed by atoms with E-state index in [0.717, 1.165) is 11.5 Å². The van der Waals surface area contributed by atoms with Gasteiger partial charge < -0.3 is 5.32 Å². The molecule has 0 radical (unpaired) electrons. The van der Waals surface area contributed by atoms with Gasteiger partial charge in [-0.05, 0) is 43.7 Å².